The highest BCUT2D eigenvalue weighted by Crippen LogP contribution is 2.39. The molecule has 0 N–H and O–H groups in total. The third-order valence-electron chi connectivity index (χ3n) is 6.88. The number of hydrogen-bond acceptors (Lipinski definition) is 1. The summed E-state index contributed by atoms with van der Waals surface area (Å²) in [4.78, 5) is 0. The van der Waals surface area contributed by atoms with Crippen LogP contribution in [0.4, 0.5) is 0 Å². The average Bonchev–Trinajstić information content (AvgIpc) is 3.20. The highest BCUT2D eigenvalue weighted by atomic mass is 16.3. The van der Waals surface area contributed by atoms with Gasteiger partial charge in [-0.3, -0.25) is 0 Å². The number of rotatable bonds is 3. The van der Waals surface area contributed by atoms with E-state index in [9.17, 15) is 0 Å². The normalized spacial score (nSPS) is 12.0. The topological polar surface area (TPSA) is 17.0 Å². The summed E-state index contributed by atoms with van der Waals surface area (Å²) in [7, 11) is 2.13. The Balaban J connectivity index is 1.61. The quantitative estimate of drug-likeness (QED) is 0.261. The number of nitrogens with zero attached hydrogens (tertiary/aromatic N) is 1. The zero-order chi connectivity index (χ0) is 22.7. The highest BCUT2D eigenvalue weighted by Gasteiger charge is 2.21. The molecule has 0 spiro atoms. The summed E-state index contributed by atoms with van der Waals surface area (Å²) in [5.41, 5.74) is 6.98. The lowest BCUT2D eigenvalue weighted by atomic mass is 9.95. The van der Waals surface area contributed by atoms with Crippen LogP contribution in [-0.4, -0.2) is 0 Å². The lowest BCUT2D eigenvalue weighted by Crippen LogP contribution is -2.30. The van der Waals surface area contributed by atoms with Crippen molar-refractivity contribution in [3.63, 3.8) is 0 Å². The van der Waals surface area contributed by atoms with Gasteiger partial charge in [0.2, 0.25) is 5.69 Å². The summed E-state index contributed by atoms with van der Waals surface area (Å²) in [6, 6.07) is 26.5. The molecule has 0 fully saturated rings. The Morgan fingerprint density at radius 2 is 1.52 bits per heavy atom. The van der Waals surface area contributed by atoms with Crippen LogP contribution in [0.15, 0.2) is 83.4 Å². The van der Waals surface area contributed by atoms with Gasteiger partial charge < -0.3 is 4.42 Å². The van der Waals surface area contributed by atoms with Crippen molar-refractivity contribution in [2.75, 3.05) is 0 Å². The number of furan rings is 1. The molecule has 6 rings (SSSR count). The standard InChI is InChI=1S/C31H28NO/c1-19(2)17-21-9-11-25-23(18-21)15-16-32(4)29(25)24-13-14-27-28-12-10-22-7-5-6-8-26(22)31(28)33-30(27)20(24)3/h5-16,18-19H,17H2,1-4H3/q+1. The number of fused-ring (bicyclic) bond motifs is 6. The van der Waals surface area contributed by atoms with Gasteiger partial charge in [0.25, 0.3) is 0 Å². The fraction of sp³-hybridized carbons (Fsp3) is 0.194. The second-order valence-electron chi connectivity index (χ2n) is 9.68. The van der Waals surface area contributed by atoms with Crippen LogP contribution in [0.3, 0.4) is 0 Å². The number of aryl methyl sites for hydroxylation is 2. The Morgan fingerprint density at radius 3 is 2.36 bits per heavy atom. The van der Waals surface area contributed by atoms with Crippen molar-refractivity contribution >= 4 is 43.5 Å². The predicted octanol–water partition coefficient (Wildman–Crippen LogP) is 7.89. The summed E-state index contributed by atoms with van der Waals surface area (Å²) in [6.45, 7) is 6.74. The molecule has 0 saturated heterocycles. The minimum atomic E-state index is 0.649. The summed E-state index contributed by atoms with van der Waals surface area (Å²) in [6.07, 6.45) is 3.27. The minimum absolute atomic E-state index is 0.649. The van der Waals surface area contributed by atoms with E-state index in [-0.39, 0.29) is 0 Å². The van der Waals surface area contributed by atoms with Gasteiger partial charge in [-0.25, -0.2) is 4.57 Å². The first kappa shape index (κ1) is 20.0. The predicted molar refractivity (Wildman–Crippen MR) is 139 cm³/mol. The van der Waals surface area contributed by atoms with Crippen LogP contribution in [0.5, 0.6) is 0 Å². The first-order valence-corrected chi connectivity index (χ1v) is 11.8. The molecule has 2 heterocycles. The van der Waals surface area contributed by atoms with Crippen molar-refractivity contribution in [3.8, 4) is 11.3 Å². The van der Waals surface area contributed by atoms with Crippen LogP contribution in [0.2, 0.25) is 0 Å². The van der Waals surface area contributed by atoms with Gasteiger partial charge in [0.1, 0.15) is 18.2 Å². The molecule has 0 bridgehead atoms. The second kappa shape index (κ2) is 7.45. The molecule has 162 valence electrons. The van der Waals surface area contributed by atoms with E-state index in [1.54, 1.807) is 0 Å². The van der Waals surface area contributed by atoms with Gasteiger partial charge in [-0.15, -0.1) is 0 Å². The van der Waals surface area contributed by atoms with Gasteiger partial charge in [-0.2, -0.15) is 0 Å². The first-order valence-electron chi connectivity index (χ1n) is 11.8. The van der Waals surface area contributed by atoms with Crippen molar-refractivity contribution in [2.24, 2.45) is 13.0 Å². The smallest absolute Gasteiger partial charge is 0.220 e. The zero-order valence-electron chi connectivity index (χ0n) is 19.6. The molecule has 6 aromatic rings. The van der Waals surface area contributed by atoms with Gasteiger partial charge in [-0.05, 0) is 59.9 Å². The lowest BCUT2D eigenvalue weighted by Gasteiger charge is -2.10. The van der Waals surface area contributed by atoms with Crippen LogP contribution in [0.25, 0.3) is 54.7 Å². The van der Waals surface area contributed by atoms with Crippen LogP contribution in [0, 0.1) is 12.8 Å². The Hall–Kier alpha value is -3.65. The second-order valence-corrected chi connectivity index (χ2v) is 9.68. The number of aromatic nitrogens is 1. The van der Waals surface area contributed by atoms with Crippen molar-refractivity contribution in [1.29, 1.82) is 0 Å². The van der Waals surface area contributed by atoms with E-state index < -0.39 is 0 Å². The highest BCUT2D eigenvalue weighted by molar-refractivity contribution is 6.16. The SMILES string of the molecule is Cc1c(-c2c3ccc(CC(C)C)cc3cc[n+]2C)ccc2c1oc1c3ccccc3ccc21. The maximum Gasteiger partial charge on any atom is 0.220 e. The van der Waals surface area contributed by atoms with Crippen molar-refractivity contribution in [1.82, 2.24) is 0 Å². The minimum Gasteiger partial charge on any atom is -0.455 e. The molecule has 2 nitrogen and oxygen atoms in total. The van der Waals surface area contributed by atoms with Gasteiger partial charge in [-0.1, -0.05) is 56.3 Å². The van der Waals surface area contributed by atoms with E-state index in [4.69, 9.17) is 4.42 Å². The Bertz CT molecular complexity index is 1690. The van der Waals surface area contributed by atoms with Crippen LogP contribution in [0.1, 0.15) is 25.0 Å². The summed E-state index contributed by atoms with van der Waals surface area (Å²) in [5.74, 6) is 0.649. The fourth-order valence-corrected chi connectivity index (χ4v) is 5.31. The Kier molecular flexibility index (Phi) is 4.51. The summed E-state index contributed by atoms with van der Waals surface area (Å²) < 4.78 is 8.80. The zero-order valence-corrected chi connectivity index (χ0v) is 19.6. The molecule has 2 aromatic heterocycles. The molecule has 4 aromatic carbocycles. The number of benzene rings is 4. The van der Waals surface area contributed by atoms with Crippen molar-refractivity contribution < 1.29 is 8.98 Å². The molecule has 2 heteroatoms. The lowest BCUT2D eigenvalue weighted by molar-refractivity contribution is -0.659. The molecular weight excluding hydrogens is 402 g/mol. The van der Waals surface area contributed by atoms with Crippen molar-refractivity contribution in [3.05, 3.63) is 90.1 Å². The summed E-state index contributed by atoms with van der Waals surface area (Å²) in [5, 5.41) is 7.30. The molecule has 0 radical (unpaired) electrons. The Labute approximate surface area is 194 Å². The van der Waals surface area contributed by atoms with E-state index >= 15 is 0 Å². The maximum absolute atomic E-state index is 6.56. The third kappa shape index (κ3) is 3.13. The largest absolute Gasteiger partial charge is 0.455 e. The molecule has 33 heavy (non-hydrogen) atoms. The van der Waals surface area contributed by atoms with Gasteiger partial charge in [0, 0.05) is 27.8 Å². The first-order chi connectivity index (χ1) is 16.0. The maximum atomic E-state index is 6.56. The molecule has 0 aliphatic rings. The van der Waals surface area contributed by atoms with E-state index in [2.05, 4.69) is 111 Å². The molecular formula is C31H28NO+. The van der Waals surface area contributed by atoms with Gasteiger partial charge >= 0.3 is 0 Å². The number of hydrogen-bond donors (Lipinski definition) is 0. The monoisotopic (exact) mass is 430 g/mol. The van der Waals surface area contributed by atoms with Crippen LogP contribution < -0.4 is 4.57 Å². The fourth-order valence-electron chi connectivity index (χ4n) is 5.31. The molecule has 0 aliphatic heterocycles. The molecule has 0 aliphatic carbocycles. The van der Waals surface area contributed by atoms with Gasteiger partial charge in [0.05, 0.1) is 10.9 Å². The average molecular weight is 431 g/mol. The van der Waals surface area contributed by atoms with Gasteiger partial charge in [0.15, 0.2) is 6.20 Å². The molecule has 0 saturated carbocycles. The van der Waals surface area contributed by atoms with E-state index in [0.717, 1.165) is 17.6 Å². The van der Waals surface area contributed by atoms with E-state index in [0.29, 0.717) is 5.92 Å². The van der Waals surface area contributed by atoms with E-state index in [1.165, 1.54) is 54.7 Å². The van der Waals surface area contributed by atoms with E-state index in [1.807, 2.05) is 0 Å². The van der Waals surface area contributed by atoms with Crippen molar-refractivity contribution in [2.45, 2.75) is 27.2 Å². The van der Waals surface area contributed by atoms with Crippen LogP contribution in [-0.2, 0) is 13.5 Å². The Morgan fingerprint density at radius 1 is 0.758 bits per heavy atom. The summed E-state index contributed by atoms with van der Waals surface area (Å²) >= 11 is 0. The molecule has 0 amide bonds. The number of pyridine rings is 1. The molecule has 0 unspecified atom stereocenters. The van der Waals surface area contributed by atoms with Crippen LogP contribution >= 0.6 is 0 Å². The molecule has 0 atom stereocenters. The third-order valence-corrected chi connectivity index (χ3v) is 6.88.